The molecule has 2 rings (SSSR count). The molecule has 0 atom stereocenters. The van der Waals surface area contributed by atoms with Crippen LogP contribution in [0.5, 0.6) is 0 Å². The fraction of sp³-hybridized carbons (Fsp3) is 0.235. The van der Waals surface area contributed by atoms with E-state index in [4.69, 9.17) is 11.6 Å². The second-order valence-electron chi connectivity index (χ2n) is 5.56. The van der Waals surface area contributed by atoms with Gasteiger partial charge in [0.25, 0.3) is 0 Å². The maximum atomic E-state index is 13.7. The molecule has 0 unspecified atom stereocenters. The molecule has 0 aliphatic rings. The Hall–Kier alpha value is -1.96. The minimum absolute atomic E-state index is 0.0453. The van der Waals surface area contributed by atoms with Crippen LogP contribution >= 0.6 is 11.6 Å². The van der Waals surface area contributed by atoms with E-state index in [2.05, 4.69) is 0 Å². The van der Waals surface area contributed by atoms with Crippen molar-refractivity contribution in [1.82, 2.24) is 9.21 Å². The smallest absolute Gasteiger partial charge is 0.243 e. The van der Waals surface area contributed by atoms with Crippen LogP contribution in [0, 0.1) is 5.82 Å². The van der Waals surface area contributed by atoms with Crippen LogP contribution in [0.3, 0.4) is 0 Å². The van der Waals surface area contributed by atoms with Gasteiger partial charge in [-0.1, -0.05) is 29.8 Å². The Morgan fingerprint density at radius 3 is 2.28 bits per heavy atom. The summed E-state index contributed by atoms with van der Waals surface area (Å²) in [6.45, 7) is -0.295. The Morgan fingerprint density at radius 1 is 1.08 bits per heavy atom. The van der Waals surface area contributed by atoms with E-state index in [0.717, 1.165) is 4.31 Å². The summed E-state index contributed by atoms with van der Waals surface area (Å²) in [4.78, 5) is 13.6. The van der Waals surface area contributed by atoms with Gasteiger partial charge in [-0.2, -0.15) is 4.31 Å². The molecule has 25 heavy (non-hydrogen) atoms. The third-order valence-electron chi connectivity index (χ3n) is 3.67. The van der Waals surface area contributed by atoms with Gasteiger partial charge in [0.05, 0.1) is 11.4 Å². The molecule has 0 aromatic heterocycles. The quantitative estimate of drug-likeness (QED) is 0.769. The molecule has 1 amide bonds. The zero-order valence-electron chi connectivity index (χ0n) is 13.8. The highest BCUT2D eigenvalue weighted by atomic mass is 35.5. The number of likely N-dealkylation sites (N-methyl/N-ethyl adjacent to an activating group) is 2. The van der Waals surface area contributed by atoms with E-state index < -0.39 is 21.7 Å². The Kier molecular flexibility index (Phi) is 6.16. The lowest BCUT2D eigenvalue weighted by molar-refractivity contribution is -0.130. The van der Waals surface area contributed by atoms with Crippen molar-refractivity contribution in [2.75, 3.05) is 20.6 Å². The molecular formula is C17H18ClFN2O3S. The van der Waals surface area contributed by atoms with Crippen molar-refractivity contribution in [2.45, 2.75) is 11.4 Å². The summed E-state index contributed by atoms with van der Waals surface area (Å²) in [5, 5.41) is 0.419. The van der Waals surface area contributed by atoms with E-state index in [1.807, 2.05) is 0 Å². The molecule has 8 heteroatoms. The first-order chi connectivity index (χ1) is 11.7. The summed E-state index contributed by atoms with van der Waals surface area (Å²) < 4.78 is 39.6. The van der Waals surface area contributed by atoms with Gasteiger partial charge in [0.2, 0.25) is 15.9 Å². The van der Waals surface area contributed by atoms with E-state index in [9.17, 15) is 17.6 Å². The molecule has 2 aromatic carbocycles. The van der Waals surface area contributed by atoms with Crippen molar-refractivity contribution in [1.29, 1.82) is 0 Å². The lowest BCUT2D eigenvalue weighted by Gasteiger charge is -2.22. The van der Waals surface area contributed by atoms with Crippen LogP contribution in [-0.2, 0) is 21.4 Å². The van der Waals surface area contributed by atoms with Crippen molar-refractivity contribution in [3.63, 3.8) is 0 Å². The second kappa shape index (κ2) is 7.95. The molecule has 0 aliphatic heterocycles. The number of halogens is 2. The van der Waals surface area contributed by atoms with Gasteiger partial charge in [-0.3, -0.25) is 4.79 Å². The number of hydrogen-bond donors (Lipinski definition) is 0. The molecule has 0 heterocycles. The summed E-state index contributed by atoms with van der Waals surface area (Å²) in [5.41, 5.74) is 0.363. The van der Waals surface area contributed by atoms with Crippen LogP contribution in [0.1, 0.15) is 5.56 Å². The number of sulfonamides is 1. The van der Waals surface area contributed by atoms with Gasteiger partial charge >= 0.3 is 0 Å². The van der Waals surface area contributed by atoms with Crippen LogP contribution < -0.4 is 0 Å². The van der Waals surface area contributed by atoms with Crippen molar-refractivity contribution in [2.24, 2.45) is 0 Å². The van der Waals surface area contributed by atoms with Crippen LogP contribution in [0.4, 0.5) is 4.39 Å². The standard InChI is InChI=1S/C17H18ClFN2O3S/c1-20(11-13-5-3-4-6-16(13)19)17(22)12-21(2)25(23,24)15-9-7-14(18)8-10-15/h3-10H,11-12H2,1-2H3. The lowest BCUT2D eigenvalue weighted by Crippen LogP contribution is -2.39. The SMILES string of the molecule is CN(Cc1ccccc1F)C(=O)CN(C)S(=O)(=O)c1ccc(Cl)cc1. The van der Waals surface area contributed by atoms with Gasteiger partial charge in [-0.25, -0.2) is 12.8 Å². The molecule has 0 spiro atoms. The molecule has 0 aliphatic carbocycles. The molecular weight excluding hydrogens is 367 g/mol. The van der Waals surface area contributed by atoms with Crippen LogP contribution in [0.25, 0.3) is 0 Å². The first-order valence-corrected chi connectivity index (χ1v) is 9.23. The first kappa shape index (κ1) is 19.4. The highest BCUT2D eigenvalue weighted by Gasteiger charge is 2.24. The lowest BCUT2D eigenvalue weighted by atomic mass is 10.2. The third-order valence-corrected chi connectivity index (χ3v) is 5.74. The Bertz CT molecular complexity index is 856. The maximum absolute atomic E-state index is 13.7. The summed E-state index contributed by atoms with van der Waals surface area (Å²) in [7, 11) is -0.996. The molecule has 0 radical (unpaired) electrons. The third kappa shape index (κ3) is 4.78. The maximum Gasteiger partial charge on any atom is 0.243 e. The predicted octanol–water partition coefficient (Wildman–Crippen LogP) is 2.76. The Labute approximate surface area is 151 Å². The molecule has 0 N–H and O–H groups in total. The Morgan fingerprint density at radius 2 is 1.68 bits per heavy atom. The predicted molar refractivity (Wildman–Crippen MR) is 94.1 cm³/mol. The number of rotatable bonds is 6. The fourth-order valence-corrected chi connectivity index (χ4v) is 3.40. The summed E-state index contributed by atoms with van der Waals surface area (Å²) >= 11 is 5.76. The average molecular weight is 385 g/mol. The largest absolute Gasteiger partial charge is 0.340 e. The van der Waals surface area contributed by atoms with Gasteiger partial charge < -0.3 is 4.90 Å². The van der Waals surface area contributed by atoms with Crippen LogP contribution in [-0.4, -0.2) is 44.2 Å². The van der Waals surface area contributed by atoms with Crippen LogP contribution in [0.2, 0.25) is 5.02 Å². The highest BCUT2D eigenvalue weighted by molar-refractivity contribution is 7.89. The number of benzene rings is 2. The van der Waals surface area contributed by atoms with Gasteiger partial charge in [0, 0.05) is 31.2 Å². The number of carbonyl (C=O) groups is 1. The number of hydrogen-bond acceptors (Lipinski definition) is 3. The van der Waals surface area contributed by atoms with Gasteiger partial charge in [-0.05, 0) is 30.3 Å². The monoisotopic (exact) mass is 384 g/mol. The minimum atomic E-state index is -3.81. The molecule has 0 saturated carbocycles. The molecule has 2 aromatic rings. The molecule has 0 bridgehead atoms. The molecule has 134 valence electrons. The van der Waals surface area contributed by atoms with Gasteiger partial charge in [0.15, 0.2) is 0 Å². The van der Waals surface area contributed by atoms with Crippen molar-refractivity contribution in [3.8, 4) is 0 Å². The summed E-state index contributed by atoms with van der Waals surface area (Å²) in [6, 6.07) is 11.8. The minimum Gasteiger partial charge on any atom is -0.340 e. The van der Waals surface area contributed by atoms with Crippen LogP contribution in [0.15, 0.2) is 53.4 Å². The zero-order valence-corrected chi connectivity index (χ0v) is 15.4. The second-order valence-corrected chi connectivity index (χ2v) is 8.04. The number of nitrogens with zero attached hydrogens (tertiary/aromatic N) is 2. The Balaban J connectivity index is 2.06. The zero-order chi connectivity index (χ0) is 18.6. The fourth-order valence-electron chi connectivity index (χ4n) is 2.15. The number of carbonyl (C=O) groups excluding carboxylic acids is 1. The first-order valence-electron chi connectivity index (χ1n) is 7.41. The summed E-state index contributed by atoms with van der Waals surface area (Å²) in [6.07, 6.45) is 0. The normalized spacial score (nSPS) is 11.6. The van der Waals surface area contributed by atoms with Crippen molar-refractivity contribution in [3.05, 3.63) is 64.9 Å². The van der Waals surface area contributed by atoms with E-state index in [0.29, 0.717) is 10.6 Å². The molecule has 0 saturated heterocycles. The van der Waals surface area contributed by atoms with E-state index in [1.54, 1.807) is 18.2 Å². The number of amides is 1. The van der Waals surface area contributed by atoms with E-state index in [1.165, 1.54) is 49.3 Å². The van der Waals surface area contributed by atoms with Gasteiger partial charge in [-0.15, -0.1) is 0 Å². The van der Waals surface area contributed by atoms with Gasteiger partial charge in [0.1, 0.15) is 5.82 Å². The van der Waals surface area contributed by atoms with Crippen molar-refractivity contribution < 1.29 is 17.6 Å². The molecule has 0 fully saturated rings. The summed E-state index contributed by atoms with van der Waals surface area (Å²) in [5.74, 6) is -0.854. The molecule has 5 nitrogen and oxygen atoms in total. The average Bonchev–Trinajstić information content (AvgIpc) is 2.57. The van der Waals surface area contributed by atoms with E-state index >= 15 is 0 Å². The van der Waals surface area contributed by atoms with Crippen molar-refractivity contribution >= 4 is 27.5 Å². The topological polar surface area (TPSA) is 57.7 Å². The highest BCUT2D eigenvalue weighted by Crippen LogP contribution is 2.17. The van der Waals surface area contributed by atoms with E-state index in [-0.39, 0.29) is 18.0 Å².